The second-order valence-corrected chi connectivity index (χ2v) is 7.09. The number of rotatable bonds is 1. The van der Waals surface area contributed by atoms with Gasteiger partial charge < -0.3 is 0 Å². The summed E-state index contributed by atoms with van der Waals surface area (Å²) in [5, 5.41) is 0. The third kappa shape index (κ3) is 2.63. The van der Waals surface area contributed by atoms with Crippen LogP contribution in [-0.4, -0.2) is 0 Å². The fourth-order valence-corrected chi connectivity index (χ4v) is 4.21. The molecular weight excluding hydrogens is 192 g/mol. The third-order valence-corrected chi connectivity index (χ3v) is 5.76. The number of hydrogen-bond acceptors (Lipinski definition) is 0. The van der Waals surface area contributed by atoms with Crippen LogP contribution in [0.1, 0.15) is 66.2 Å². The summed E-state index contributed by atoms with van der Waals surface area (Å²) in [5.41, 5.74) is 0. The minimum Gasteiger partial charge on any atom is -0.0625 e. The fraction of sp³-hybridized carbons (Fsp3) is 1.00. The summed E-state index contributed by atoms with van der Waals surface area (Å²) in [7, 11) is 0. The highest BCUT2D eigenvalue weighted by molar-refractivity contribution is 4.85. The van der Waals surface area contributed by atoms with Crippen molar-refractivity contribution in [2.45, 2.75) is 66.2 Å². The van der Waals surface area contributed by atoms with Gasteiger partial charge in [0.1, 0.15) is 0 Å². The summed E-state index contributed by atoms with van der Waals surface area (Å²) in [6, 6.07) is 0. The Bertz CT molecular complexity index is 220. The average Bonchev–Trinajstić information content (AvgIpc) is 2.26. The van der Waals surface area contributed by atoms with E-state index in [0.29, 0.717) is 0 Å². The Morgan fingerprint density at radius 2 is 1.31 bits per heavy atom. The van der Waals surface area contributed by atoms with Crippen molar-refractivity contribution in [3.63, 3.8) is 0 Å². The average molecular weight is 222 g/mol. The first kappa shape index (κ1) is 12.5. The molecule has 0 radical (unpaired) electrons. The lowest BCUT2D eigenvalue weighted by Gasteiger charge is -2.43. The largest absolute Gasteiger partial charge is 0.0625 e. The molecule has 0 aromatic heterocycles. The molecule has 2 fully saturated rings. The first-order chi connectivity index (χ1) is 7.58. The van der Waals surface area contributed by atoms with Crippen LogP contribution in [0.2, 0.25) is 0 Å². The summed E-state index contributed by atoms with van der Waals surface area (Å²) in [5.74, 6) is 6.07. The van der Waals surface area contributed by atoms with E-state index in [0.717, 1.165) is 35.5 Å². The van der Waals surface area contributed by atoms with E-state index >= 15 is 0 Å². The van der Waals surface area contributed by atoms with Gasteiger partial charge in [-0.2, -0.15) is 0 Å². The monoisotopic (exact) mass is 222 g/mol. The van der Waals surface area contributed by atoms with Crippen LogP contribution in [0, 0.1) is 35.5 Å². The Hall–Kier alpha value is 0. The van der Waals surface area contributed by atoms with Gasteiger partial charge in [-0.25, -0.2) is 0 Å². The summed E-state index contributed by atoms with van der Waals surface area (Å²) < 4.78 is 0. The Morgan fingerprint density at radius 1 is 0.625 bits per heavy atom. The maximum Gasteiger partial charge on any atom is -0.0357 e. The zero-order valence-corrected chi connectivity index (χ0v) is 11.7. The van der Waals surface area contributed by atoms with Gasteiger partial charge in [0.15, 0.2) is 0 Å². The van der Waals surface area contributed by atoms with E-state index in [1.807, 2.05) is 0 Å². The van der Waals surface area contributed by atoms with E-state index in [1.165, 1.54) is 38.5 Å². The highest BCUT2D eigenvalue weighted by Gasteiger charge is 2.35. The lowest BCUT2D eigenvalue weighted by atomic mass is 9.63. The molecule has 16 heavy (non-hydrogen) atoms. The van der Waals surface area contributed by atoms with Crippen LogP contribution in [0.5, 0.6) is 0 Å². The molecule has 2 aliphatic rings. The highest BCUT2D eigenvalue weighted by Crippen LogP contribution is 2.45. The van der Waals surface area contributed by atoms with Crippen molar-refractivity contribution in [1.29, 1.82) is 0 Å². The number of hydrogen-bond donors (Lipinski definition) is 0. The maximum atomic E-state index is 2.51. The first-order valence-corrected chi connectivity index (χ1v) is 7.58. The quantitative estimate of drug-likeness (QED) is 0.577. The van der Waals surface area contributed by atoms with Crippen molar-refractivity contribution in [1.82, 2.24) is 0 Å². The predicted octanol–water partition coefficient (Wildman–Crippen LogP) is 5.13. The van der Waals surface area contributed by atoms with Crippen LogP contribution < -0.4 is 0 Å². The highest BCUT2D eigenvalue weighted by atomic mass is 14.4. The second kappa shape index (κ2) is 5.10. The molecule has 0 heterocycles. The van der Waals surface area contributed by atoms with Gasteiger partial charge in [-0.3, -0.25) is 0 Å². The van der Waals surface area contributed by atoms with Crippen molar-refractivity contribution in [2.75, 3.05) is 0 Å². The van der Waals surface area contributed by atoms with Crippen LogP contribution in [0.4, 0.5) is 0 Å². The van der Waals surface area contributed by atoms with E-state index in [1.54, 1.807) is 0 Å². The van der Waals surface area contributed by atoms with E-state index in [-0.39, 0.29) is 0 Å². The molecule has 0 saturated heterocycles. The Morgan fingerprint density at radius 3 is 2.00 bits per heavy atom. The molecule has 0 aromatic rings. The van der Waals surface area contributed by atoms with E-state index < -0.39 is 0 Å². The maximum absolute atomic E-state index is 2.51. The van der Waals surface area contributed by atoms with Gasteiger partial charge in [0.05, 0.1) is 0 Å². The van der Waals surface area contributed by atoms with Gasteiger partial charge in [-0.1, -0.05) is 47.0 Å². The van der Waals surface area contributed by atoms with Gasteiger partial charge in [0.2, 0.25) is 0 Å². The summed E-state index contributed by atoms with van der Waals surface area (Å²) in [6.07, 6.45) is 9.02. The second-order valence-electron chi connectivity index (χ2n) is 7.09. The molecule has 0 heteroatoms. The van der Waals surface area contributed by atoms with Crippen molar-refractivity contribution in [2.24, 2.45) is 35.5 Å². The van der Waals surface area contributed by atoms with E-state index in [9.17, 15) is 0 Å². The summed E-state index contributed by atoms with van der Waals surface area (Å²) in [6.45, 7) is 9.91. The van der Waals surface area contributed by atoms with Gasteiger partial charge in [0, 0.05) is 0 Å². The van der Waals surface area contributed by atoms with Crippen molar-refractivity contribution >= 4 is 0 Å². The van der Waals surface area contributed by atoms with Crippen molar-refractivity contribution in [3.8, 4) is 0 Å². The summed E-state index contributed by atoms with van der Waals surface area (Å²) >= 11 is 0. The molecule has 0 aliphatic heterocycles. The molecule has 6 atom stereocenters. The molecule has 94 valence electrons. The van der Waals surface area contributed by atoms with Gasteiger partial charge >= 0.3 is 0 Å². The molecular formula is C16H30. The van der Waals surface area contributed by atoms with Gasteiger partial charge in [-0.05, 0) is 54.8 Å². The first-order valence-electron chi connectivity index (χ1n) is 7.58. The Labute approximate surface area is 102 Å². The van der Waals surface area contributed by atoms with Crippen LogP contribution in [0.15, 0.2) is 0 Å². The van der Waals surface area contributed by atoms with Crippen LogP contribution in [0.25, 0.3) is 0 Å². The predicted molar refractivity (Wildman–Crippen MR) is 71.3 cm³/mol. The minimum absolute atomic E-state index is 0.975. The zero-order chi connectivity index (χ0) is 11.7. The van der Waals surface area contributed by atoms with E-state index in [2.05, 4.69) is 27.7 Å². The van der Waals surface area contributed by atoms with Gasteiger partial charge in [0.25, 0.3) is 0 Å². The van der Waals surface area contributed by atoms with Crippen molar-refractivity contribution < 1.29 is 0 Å². The van der Waals surface area contributed by atoms with Gasteiger partial charge in [-0.15, -0.1) is 0 Å². The third-order valence-electron chi connectivity index (χ3n) is 5.76. The Kier molecular flexibility index (Phi) is 3.97. The normalized spacial score (nSPS) is 50.2. The summed E-state index contributed by atoms with van der Waals surface area (Å²) in [4.78, 5) is 0. The standard InChI is InChI=1S/C16H30/c1-11-5-6-13(3)16(9-11)15-8-7-12(2)14(4)10-15/h11-16H,5-10H2,1-4H3. The molecule has 0 aromatic carbocycles. The van der Waals surface area contributed by atoms with Crippen LogP contribution >= 0.6 is 0 Å². The topological polar surface area (TPSA) is 0 Å². The van der Waals surface area contributed by atoms with Crippen LogP contribution in [-0.2, 0) is 0 Å². The Balaban J connectivity index is 1.95. The molecule has 0 amide bonds. The SMILES string of the molecule is CC1CCC(C)C(C2CCC(C)C(C)C2)C1. The molecule has 2 aliphatic carbocycles. The fourth-order valence-electron chi connectivity index (χ4n) is 4.21. The molecule has 6 unspecified atom stereocenters. The molecule has 2 rings (SSSR count). The molecule has 0 bridgehead atoms. The smallest absolute Gasteiger partial charge is 0.0357 e. The van der Waals surface area contributed by atoms with Crippen LogP contribution in [0.3, 0.4) is 0 Å². The molecule has 0 N–H and O–H groups in total. The lowest BCUT2D eigenvalue weighted by molar-refractivity contribution is 0.0782. The molecule has 0 nitrogen and oxygen atoms in total. The lowest BCUT2D eigenvalue weighted by Crippen LogP contribution is -2.33. The van der Waals surface area contributed by atoms with E-state index in [4.69, 9.17) is 0 Å². The molecule has 0 spiro atoms. The minimum atomic E-state index is 0.975. The van der Waals surface area contributed by atoms with Crippen molar-refractivity contribution in [3.05, 3.63) is 0 Å². The molecule has 2 saturated carbocycles. The zero-order valence-electron chi connectivity index (χ0n) is 11.7.